The summed E-state index contributed by atoms with van der Waals surface area (Å²) in [6, 6.07) is 3.95. The quantitative estimate of drug-likeness (QED) is 0.0903. The van der Waals surface area contributed by atoms with Crippen molar-refractivity contribution < 1.29 is 22.5 Å². The maximum Gasteiger partial charge on any atom is 0.255 e. The van der Waals surface area contributed by atoms with Crippen LogP contribution >= 0.6 is 19.3 Å². The molecule has 188 valence electrons. The number of benzene rings is 1. The van der Waals surface area contributed by atoms with Crippen LogP contribution in [0.3, 0.4) is 0 Å². The van der Waals surface area contributed by atoms with Crippen LogP contribution in [0.5, 0.6) is 0 Å². The first-order valence-corrected chi connectivity index (χ1v) is 14.3. The van der Waals surface area contributed by atoms with Crippen molar-refractivity contribution in [3.05, 3.63) is 53.2 Å². The van der Waals surface area contributed by atoms with Gasteiger partial charge in [-0.25, -0.2) is 14.4 Å². The first-order valence-electron chi connectivity index (χ1n) is 10.8. The van der Waals surface area contributed by atoms with Gasteiger partial charge in [-0.3, -0.25) is 13.3 Å². The summed E-state index contributed by atoms with van der Waals surface area (Å²) in [6.07, 6.45) is 3.36. The van der Waals surface area contributed by atoms with Crippen molar-refractivity contribution in [3.63, 3.8) is 0 Å². The van der Waals surface area contributed by atoms with E-state index >= 15 is 0 Å². The van der Waals surface area contributed by atoms with Crippen molar-refractivity contribution in [1.29, 1.82) is 5.41 Å². The maximum atomic E-state index is 13.9. The number of halogens is 2. The lowest BCUT2D eigenvalue weighted by molar-refractivity contribution is 0.0871. The lowest BCUT2D eigenvalue weighted by Gasteiger charge is -2.23. The maximum absolute atomic E-state index is 13.9. The van der Waals surface area contributed by atoms with Gasteiger partial charge in [-0.1, -0.05) is 0 Å². The molecule has 3 aromatic rings. The number of carbonyl (C=O) groups is 1. The summed E-state index contributed by atoms with van der Waals surface area (Å²) in [5, 5.41) is 33.2. The SMILES string of the molecule is CC(O)=I(=O)CCCNc1cc(F)ccc1C(=N)c1cnc2[nH]cc(C(=O)NC(C)(C)CO)c2n1. The van der Waals surface area contributed by atoms with Crippen LogP contribution in [0.15, 0.2) is 30.6 Å². The van der Waals surface area contributed by atoms with Gasteiger partial charge in [0.25, 0.3) is 5.91 Å². The highest BCUT2D eigenvalue weighted by Gasteiger charge is 2.23. The molecular weight excluding hydrogens is 570 g/mol. The fraction of sp³-hybridized carbons (Fsp3) is 0.348. The number of aliphatic hydroxyl groups excluding tert-OH is 2. The summed E-state index contributed by atoms with van der Waals surface area (Å²) in [5.74, 6) is -0.938. The lowest BCUT2D eigenvalue weighted by Crippen LogP contribution is -2.46. The number of nitrogens with one attached hydrogen (secondary N) is 4. The number of fused-ring (bicyclic) bond motifs is 1. The highest BCUT2D eigenvalue weighted by molar-refractivity contribution is 14.2. The highest BCUT2D eigenvalue weighted by Crippen LogP contribution is 2.23. The molecule has 0 aliphatic carbocycles. The number of alkyl halides is 1. The summed E-state index contributed by atoms with van der Waals surface area (Å²) in [6.45, 7) is 4.92. The van der Waals surface area contributed by atoms with E-state index in [0.717, 1.165) is 0 Å². The minimum absolute atomic E-state index is 0.0193. The van der Waals surface area contributed by atoms with Crippen molar-refractivity contribution in [2.24, 2.45) is 0 Å². The van der Waals surface area contributed by atoms with Crippen LogP contribution in [0.4, 0.5) is 10.1 Å². The molecular formula is C23H28FIN6O4. The van der Waals surface area contributed by atoms with Gasteiger partial charge in [0.1, 0.15) is 40.1 Å². The second-order valence-corrected chi connectivity index (χ2v) is 13.0. The van der Waals surface area contributed by atoms with E-state index in [-0.39, 0.29) is 32.8 Å². The number of aromatic amines is 1. The number of aromatic nitrogens is 3. The van der Waals surface area contributed by atoms with Crippen molar-refractivity contribution >= 4 is 51.5 Å². The fourth-order valence-electron chi connectivity index (χ4n) is 3.17. The van der Waals surface area contributed by atoms with Crippen LogP contribution in [0.1, 0.15) is 48.8 Å². The van der Waals surface area contributed by atoms with Crippen molar-refractivity contribution in [2.45, 2.75) is 32.7 Å². The van der Waals surface area contributed by atoms with Crippen LogP contribution in [0.25, 0.3) is 11.2 Å². The lowest BCUT2D eigenvalue weighted by atomic mass is 10.0. The molecule has 0 aliphatic heterocycles. The predicted octanol–water partition coefficient (Wildman–Crippen LogP) is 3.19. The molecule has 6 N–H and O–H groups in total. The van der Waals surface area contributed by atoms with Crippen LogP contribution in [0.2, 0.25) is 0 Å². The molecule has 0 aliphatic rings. The standard InChI is InChI=1S/C23H28FIN6O4/c1-13(33)25(35)7-4-8-27-17-9-14(24)5-6-15(17)19(26)18-11-29-21-20(30-18)16(10-28-21)22(34)31-23(2,3)12-32/h5-6,9-11,26-27,32-33H,4,7-8,12H2,1-3H3,(H,28,29)(H,31,34). The molecule has 1 amide bonds. The number of H-pyrrole nitrogens is 1. The topological polar surface area (TPSA) is 164 Å². The third-order valence-electron chi connectivity index (χ3n) is 5.08. The van der Waals surface area contributed by atoms with E-state index in [0.29, 0.717) is 34.3 Å². The Morgan fingerprint density at radius 2 is 2.06 bits per heavy atom. The number of amides is 1. The first-order chi connectivity index (χ1) is 16.5. The van der Waals surface area contributed by atoms with Gasteiger partial charge in [0.2, 0.25) is 0 Å². The number of nitrogens with zero attached hydrogens (tertiary/aromatic N) is 2. The molecule has 10 nitrogen and oxygen atoms in total. The number of carbonyl (C=O) groups excluding carboxylic acids is 1. The summed E-state index contributed by atoms with van der Waals surface area (Å²) in [5.41, 5.74) is 0.902. The molecule has 1 aromatic carbocycles. The molecule has 0 atom stereocenters. The van der Waals surface area contributed by atoms with Crippen molar-refractivity contribution in [1.82, 2.24) is 20.3 Å². The van der Waals surface area contributed by atoms with Gasteiger partial charge in [-0.2, -0.15) is 0 Å². The fourth-order valence-corrected chi connectivity index (χ4v) is 5.02. The van der Waals surface area contributed by atoms with Crippen LogP contribution < -0.4 is 10.6 Å². The average molecular weight is 598 g/mol. The predicted molar refractivity (Wildman–Crippen MR) is 140 cm³/mol. The van der Waals surface area contributed by atoms with E-state index in [1.54, 1.807) is 13.8 Å². The smallest absolute Gasteiger partial charge is 0.255 e. The molecule has 0 saturated carbocycles. The van der Waals surface area contributed by atoms with Gasteiger partial charge in [-0.15, -0.1) is 0 Å². The van der Waals surface area contributed by atoms with E-state index in [2.05, 4.69) is 25.6 Å². The minimum atomic E-state index is -2.72. The van der Waals surface area contributed by atoms with Gasteiger partial charge in [0, 0.05) is 28.4 Å². The Kier molecular flexibility index (Phi) is 8.51. The molecule has 2 aromatic heterocycles. The Morgan fingerprint density at radius 3 is 2.74 bits per heavy atom. The van der Waals surface area contributed by atoms with E-state index in [9.17, 15) is 22.5 Å². The first kappa shape index (κ1) is 26.6. The molecule has 2 heterocycles. The van der Waals surface area contributed by atoms with Crippen LogP contribution in [-0.4, -0.2) is 63.6 Å². The van der Waals surface area contributed by atoms with Gasteiger partial charge in [0.05, 0.1) is 29.6 Å². The average Bonchev–Trinajstić information content (AvgIpc) is 3.24. The van der Waals surface area contributed by atoms with Crippen LogP contribution in [0, 0.1) is 11.2 Å². The Bertz CT molecular complexity index is 1340. The van der Waals surface area contributed by atoms with Gasteiger partial charge >= 0.3 is 0 Å². The van der Waals surface area contributed by atoms with E-state index in [1.807, 2.05) is 0 Å². The zero-order chi connectivity index (χ0) is 25.8. The second-order valence-electron chi connectivity index (χ2n) is 8.50. The van der Waals surface area contributed by atoms with Gasteiger partial charge in [-0.05, 0) is 45.4 Å². The number of rotatable bonds is 10. The Morgan fingerprint density at radius 1 is 1.31 bits per heavy atom. The highest BCUT2D eigenvalue weighted by atomic mass is 127. The zero-order valence-electron chi connectivity index (χ0n) is 19.6. The summed E-state index contributed by atoms with van der Waals surface area (Å²) < 4.78 is 26.1. The molecule has 0 spiro atoms. The number of aliphatic hydroxyl groups is 2. The largest absolute Gasteiger partial charge is 0.394 e. The molecule has 0 saturated heterocycles. The van der Waals surface area contributed by atoms with Crippen molar-refractivity contribution in [2.75, 3.05) is 22.9 Å². The number of hydrogen-bond acceptors (Lipinski definition) is 8. The molecule has 35 heavy (non-hydrogen) atoms. The Hall–Kier alpha value is -2.97. The zero-order valence-corrected chi connectivity index (χ0v) is 21.7. The van der Waals surface area contributed by atoms with Gasteiger partial charge < -0.3 is 25.8 Å². The minimum Gasteiger partial charge on any atom is -0.394 e. The van der Waals surface area contributed by atoms with Crippen molar-refractivity contribution in [3.8, 4) is 0 Å². The molecule has 12 heteroatoms. The summed E-state index contributed by atoms with van der Waals surface area (Å²) >= 11 is -2.72. The number of hydrogen-bond donors (Lipinski definition) is 6. The summed E-state index contributed by atoms with van der Waals surface area (Å²) in [7, 11) is 0. The van der Waals surface area contributed by atoms with E-state index in [4.69, 9.17) is 5.41 Å². The molecule has 0 unspecified atom stereocenters. The van der Waals surface area contributed by atoms with Crippen LogP contribution in [-0.2, 0) is 3.07 Å². The van der Waals surface area contributed by atoms with E-state index < -0.39 is 36.6 Å². The van der Waals surface area contributed by atoms with Gasteiger partial charge in [0.15, 0.2) is 5.65 Å². The summed E-state index contributed by atoms with van der Waals surface area (Å²) in [4.78, 5) is 24.3. The Balaban J connectivity index is 1.87. The normalized spacial score (nSPS) is 12.9. The third-order valence-corrected chi connectivity index (χ3v) is 8.57. The molecule has 0 fully saturated rings. The molecule has 0 bridgehead atoms. The number of anilines is 1. The monoisotopic (exact) mass is 598 g/mol. The molecule has 0 radical (unpaired) electrons. The molecule has 3 rings (SSSR count). The third kappa shape index (κ3) is 6.58. The van der Waals surface area contributed by atoms with E-state index in [1.165, 1.54) is 37.5 Å². The second kappa shape index (κ2) is 11.2. The Labute approximate surface area is 208 Å².